The molecule has 4 heteroatoms. The normalized spacial score (nSPS) is 28.6. The molecule has 1 aliphatic heterocycles. The first kappa shape index (κ1) is 13.3. The zero-order valence-electron chi connectivity index (χ0n) is 10.9. The van der Waals surface area contributed by atoms with Crippen molar-refractivity contribution in [2.24, 2.45) is 11.7 Å². The predicted molar refractivity (Wildman–Crippen MR) is 67.8 cm³/mol. The van der Waals surface area contributed by atoms with Gasteiger partial charge in [0.1, 0.15) is 0 Å². The van der Waals surface area contributed by atoms with Crippen molar-refractivity contribution in [3.8, 4) is 0 Å². The molecule has 0 radical (unpaired) electrons. The van der Waals surface area contributed by atoms with Crippen LogP contribution in [-0.4, -0.2) is 54.5 Å². The van der Waals surface area contributed by atoms with E-state index in [9.17, 15) is 5.11 Å². The van der Waals surface area contributed by atoms with Crippen LogP contribution in [0.4, 0.5) is 0 Å². The van der Waals surface area contributed by atoms with Crippen molar-refractivity contribution in [2.45, 2.75) is 44.3 Å². The topological polar surface area (TPSA) is 58.7 Å². The predicted octanol–water partition coefficient (Wildman–Crippen LogP) is 0.587. The summed E-state index contributed by atoms with van der Waals surface area (Å²) in [6.07, 6.45) is 4.94. The van der Waals surface area contributed by atoms with Crippen LogP contribution >= 0.6 is 0 Å². The van der Waals surface area contributed by atoms with Gasteiger partial charge in [-0.1, -0.05) is 6.92 Å². The van der Waals surface area contributed by atoms with E-state index in [1.165, 1.54) is 6.42 Å². The lowest BCUT2D eigenvalue weighted by Crippen LogP contribution is -2.51. The minimum absolute atomic E-state index is 0.358. The summed E-state index contributed by atoms with van der Waals surface area (Å²) >= 11 is 0. The first-order valence-corrected chi connectivity index (χ1v) is 6.94. The number of hydrogen-bond acceptors (Lipinski definition) is 4. The summed E-state index contributed by atoms with van der Waals surface area (Å²) in [7, 11) is 0. The largest absolute Gasteiger partial charge is 0.387 e. The zero-order valence-corrected chi connectivity index (χ0v) is 10.9. The molecule has 0 aromatic rings. The van der Waals surface area contributed by atoms with Crippen LogP contribution in [0.2, 0.25) is 0 Å². The molecule has 0 amide bonds. The Kier molecular flexibility index (Phi) is 4.42. The third-order valence-corrected chi connectivity index (χ3v) is 4.12. The van der Waals surface area contributed by atoms with Crippen LogP contribution in [-0.2, 0) is 4.74 Å². The van der Waals surface area contributed by atoms with Crippen LogP contribution < -0.4 is 5.73 Å². The lowest BCUT2D eigenvalue weighted by atomic mass is 9.97. The number of nitrogens with two attached hydrogens (primary N) is 1. The molecule has 0 aromatic heterocycles. The average Bonchev–Trinajstić information content (AvgIpc) is 3.08. The molecule has 1 heterocycles. The van der Waals surface area contributed by atoms with Crippen LogP contribution in [0.5, 0.6) is 0 Å². The van der Waals surface area contributed by atoms with Gasteiger partial charge in [0.2, 0.25) is 0 Å². The number of aliphatic hydroxyl groups is 1. The van der Waals surface area contributed by atoms with E-state index in [-0.39, 0.29) is 0 Å². The Labute approximate surface area is 104 Å². The SMILES string of the molecule is CCN(CC1CCCO1)CC(O)(CN)C1CC1. The molecule has 2 atom stereocenters. The van der Waals surface area contributed by atoms with Gasteiger partial charge in [0.05, 0.1) is 11.7 Å². The Balaban J connectivity index is 1.84. The lowest BCUT2D eigenvalue weighted by molar-refractivity contribution is -0.0200. The zero-order chi connectivity index (χ0) is 12.3. The summed E-state index contributed by atoms with van der Waals surface area (Å²) in [5, 5.41) is 10.5. The van der Waals surface area contributed by atoms with Crippen molar-refractivity contribution in [2.75, 3.05) is 32.8 Å². The molecule has 2 fully saturated rings. The van der Waals surface area contributed by atoms with Gasteiger partial charge in [0.25, 0.3) is 0 Å². The number of nitrogens with zero attached hydrogens (tertiary/aromatic N) is 1. The molecular weight excluding hydrogens is 216 g/mol. The summed E-state index contributed by atoms with van der Waals surface area (Å²) in [5.74, 6) is 0.422. The summed E-state index contributed by atoms with van der Waals surface area (Å²) in [6, 6.07) is 0. The monoisotopic (exact) mass is 242 g/mol. The second-order valence-electron chi connectivity index (χ2n) is 5.54. The molecule has 1 aliphatic carbocycles. The highest BCUT2D eigenvalue weighted by atomic mass is 16.5. The van der Waals surface area contributed by atoms with E-state index in [1.807, 2.05) is 0 Å². The van der Waals surface area contributed by atoms with Crippen molar-refractivity contribution >= 4 is 0 Å². The Morgan fingerprint density at radius 2 is 2.18 bits per heavy atom. The van der Waals surface area contributed by atoms with Crippen LogP contribution in [0, 0.1) is 5.92 Å². The third-order valence-electron chi connectivity index (χ3n) is 4.12. The van der Waals surface area contributed by atoms with E-state index >= 15 is 0 Å². The minimum Gasteiger partial charge on any atom is -0.387 e. The number of likely N-dealkylation sites (N-methyl/N-ethyl adjacent to an activating group) is 1. The first-order chi connectivity index (χ1) is 8.18. The molecular formula is C13H26N2O2. The first-order valence-electron chi connectivity index (χ1n) is 6.94. The molecule has 1 saturated carbocycles. The van der Waals surface area contributed by atoms with Crippen LogP contribution in [0.25, 0.3) is 0 Å². The van der Waals surface area contributed by atoms with E-state index in [1.54, 1.807) is 0 Å². The molecule has 17 heavy (non-hydrogen) atoms. The van der Waals surface area contributed by atoms with Crippen molar-refractivity contribution < 1.29 is 9.84 Å². The summed E-state index contributed by atoms with van der Waals surface area (Å²) in [5.41, 5.74) is 5.08. The Morgan fingerprint density at radius 1 is 1.41 bits per heavy atom. The Bertz CT molecular complexity index is 240. The molecule has 100 valence electrons. The minimum atomic E-state index is -0.672. The van der Waals surface area contributed by atoms with Gasteiger partial charge in [-0.2, -0.15) is 0 Å². The van der Waals surface area contributed by atoms with Gasteiger partial charge < -0.3 is 15.6 Å². The van der Waals surface area contributed by atoms with Crippen LogP contribution in [0.15, 0.2) is 0 Å². The van der Waals surface area contributed by atoms with Crippen molar-refractivity contribution in [3.63, 3.8) is 0 Å². The van der Waals surface area contributed by atoms with E-state index < -0.39 is 5.60 Å². The van der Waals surface area contributed by atoms with E-state index in [0.717, 1.165) is 39.0 Å². The van der Waals surface area contributed by atoms with Crippen molar-refractivity contribution in [1.82, 2.24) is 4.90 Å². The van der Waals surface area contributed by atoms with Gasteiger partial charge in [0, 0.05) is 26.2 Å². The number of hydrogen-bond donors (Lipinski definition) is 2. The fourth-order valence-corrected chi connectivity index (χ4v) is 2.75. The molecule has 0 spiro atoms. The third kappa shape index (κ3) is 3.41. The second-order valence-corrected chi connectivity index (χ2v) is 5.54. The van der Waals surface area contributed by atoms with Gasteiger partial charge in [-0.25, -0.2) is 0 Å². The Morgan fingerprint density at radius 3 is 2.65 bits per heavy atom. The van der Waals surface area contributed by atoms with Crippen LogP contribution in [0.1, 0.15) is 32.6 Å². The van der Waals surface area contributed by atoms with Crippen LogP contribution in [0.3, 0.4) is 0 Å². The van der Waals surface area contributed by atoms with Gasteiger partial charge in [-0.05, 0) is 38.1 Å². The van der Waals surface area contributed by atoms with E-state index in [2.05, 4.69) is 11.8 Å². The summed E-state index contributed by atoms with van der Waals surface area (Å²) in [6.45, 7) is 6.00. The highest BCUT2D eigenvalue weighted by molar-refractivity contribution is 4.97. The molecule has 2 rings (SSSR count). The quantitative estimate of drug-likeness (QED) is 0.686. The maximum Gasteiger partial charge on any atom is 0.0923 e. The number of ether oxygens (including phenoxy) is 1. The molecule has 0 bridgehead atoms. The maximum atomic E-state index is 10.5. The lowest BCUT2D eigenvalue weighted by Gasteiger charge is -2.34. The standard InChI is InChI=1S/C13H26N2O2/c1-2-15(8-12-4-3-7-17-12)10-13(16,9-14)11-5-6-11/h11-12,16H,2-10,14H2,1H3. The average molecular weight is 242 g/mol. The molecule has 4 nitrogen and oxygen atoms in total. The summed E-state index contributed by atoms with van der Waals surface area (Å²) in [4.78, 5) is 2.29. The van der Waals surface area contributed by atoms with Gasteiger partial charge in [-0.3, -0.25) is 4.90 Å². The highest BCUT2D eigenvalue weighted by Gasteiger charge is 2.43. The van der Waals surface area contributed by atoms with Crippen molar-refractivity contribution in [1.29, 1.82) is 0 Å². The molecule has 0 aromatic carbocycles. The molecule has 2 aliphatic rings. The highest BCUT2D eigenvalue weighted by Crippen LogP contribution is 2.39. The molecule has 3 N–H and O–H groups in total. The van der Waals surface area contributed by atoms with E-state index in [0.29, 0.717) is 25.1 Å². The smallest absolute Gasteiger partial charge is 0.0923 e. The summed E-state index contributed by atoms with van der Waals surface area (Å²) < 4.78 is 5.65. The molecule has 1 saturated heterocycles. The Hall–Kier alpha value is -0.160. The molecule has 2 unspecified atom stereocenters. The number of rotatable bonds is 7. The fourth-order valence-electron chi connectivity index (χ4n) is 2.75. The second kappa shape index (κ2) is 5.65. The fraction of sp³-hybridized carbons (Fsp3) is 1.00. The maximum absolute atomic E-state index is 10.5. The van der Waals surface area contributed by atoms with Gasteiger partial charge >= 0.3 is 0 Å². The van der Waals surface area contributed by atoms with Gasteiger partial charge in [0.15, 0.2) is 0 Å². The van der Waals surface area contributed by atoms with Gasteiger partial charge in [-0.15, -0.1) is 0 Å². The van der Waals surface area contributed by atoms with E-state index in [4.69, 9.17) is 10.5 Å². The van der Waals surface area contributed by atoms with Crippen molar-refractivity contribution in [3.05, 3.63) is 0 Å².